The molecule has 2 aliphatic heterocycles. The number of nitrogens with one attached hydrogen (secondary N) is 1. The maximum Gasteiger partial charge on any atom is 0.352 e. The highest BCUT2D eigenvalue weighted by Crippen LogP contribution is 2.40. The number of carboxylic acid groups (broad SMARTS) is 2. The molecule has 1 saturated heterocycles. The Kier molecular flexibility index (Phi) is 7.00. The van der Waals surface area contributed by atoms with Crippen LogP contribution in [0, 0.1) is 0 Å². The number of oxime groups is 1. The number of hydrogen-bond acceptors (Lipinski definition) is 10. The van der Waals surface area contributed by atoms with Crippen molar-refractivity contribution < 1.29 is 48.2 Å². The van der Waals surface area contributed by atoms with E-state index in [1.807, 2.05) is 0 Å². The van der Waals surface area contributed by atoms with E-state index in [-0.39, 0.29) is 29.4 Å². The van der Waals surface area contributed by atoms with Crippen LogP contribution in [0.5, 0.6) is 0 Å². The predicted octanol–water partition coefficient (Wildman–Crippen LogP) is 0.165. The van der Waals surface area contributed by atoms with Crippen molar-refractivity contribution in [2.45, 2.75) is 37.8 Å². The number of furan rings is 1. The minimum absolute atomic E-state index is 0.0339. The molecule has 0 aromatic carbocycles. The van der Waals surface area contributed by atoms with E-state index in [0.29, 0.717) is 0 Å². The van der Waals surface area contributed by atoms with E-state index >= 15 is 0 Å². The molecule has 2 aliphatic rings. The molecular weight excluding hydrogens is 474 g/mol. The molecule has 0 bridgehead atoms. The molecule has 2 amide bonds. The predicted molar refractivity (Wildman–Crippen MR) is 114 cm³/mol. The van der Waals surface area contributed by atoms with Crippen molar-refractivity contribution in [3.8, 4) is 0 Å². The monoisotopic (exact) mass is 495 g/mol. The Balaban J connectivity index is 1.80. The highest BCUT2D eigenvalue weighted by atomic mass is 32.2. The molecule has 3 N–H and O–H groups in total. The molecule has 34 heavy (non-hydrogen) atoms. The fraction of sp³-hybridized carbons (Fsp3) is 0.400. The molecule has 1 aromatic heterocycles. The Hall–Kier alpha value is -3.81. The summed E-state index contributed by atoms with van der Waals surface area (Å²) in [4.78, 5) is 65.9. The largest absolute Gasteiger partial charge is 0.478 e. The third-order valence-electron chi connectivity index (χ3n) is 4.84. The number of nitrogens with zero attached hydrogens (tertiary/aromatic N) is 2. The summed E-state index contributed by atoms with van der Waals surface area (Å²) in [5.41, 5.74) is -2.20. The summed E-state index contributed by atoms with van der Waals surface area (Å²) in [6.45, 7) is 3.37. The molecule has 0 radical (unpaired) electrons. The van der Waals surface area contributed by atoms with Crippen LogP contribution >= 0.6 is 11.8 Å². The summed E-state index contributed by atoms with van der Waals surface area (Å²) in [6.07, 6.45) is 1.27. The van der Waals surface area contributed by atoms with Gasteiger partial charge in [0.25, 0.3) is 11.8 Å². The van der Waals surface area contributed by atoms with Crippen molar-refractivity contribution >= 4 is 47.2 Å². The molecule has 1 aromatic rings. The van der Waals surface area contributed by atoms with Gasteiger partial charge in [0.15, 0.2) is 5.76 Å². The first kappa shape index (κ1) is 24.8. The van der Waals surface area contributed by atoms with Gasteiger partial charge in [0, 0.05) is 18.2 Å². The Bertz CT molecular complexity index is 1090. The SMILES string of the molecule is CC(=O)OCC1=C(C(=O)O)N2C(=O)[C@@H](NC(=O)C(=NOC(C)(C)C(=O)O)c3ccco3)[C@H]2SC1. The smallest absolute Gasteiger partial charge is 0.352 e. The molecule has 3 heterocycles. The number of carboxylic acids is 2. The van der Waals surface area contributed by atoms with Crippen molar-refractivity contribution in [3.63, 3.8) is 0 Å². The van der Waals surface area contributed by atoms with Gasteiger partial charge in [0.05, 0.1) is 6.26 Å². The number of carbonyl (C=O) groups excluding carboxylic acids is 3. The zero-order valence-corrected chi connectivity index (χ0v) is 19.1. The highest BCUT2D eigenvalue weighted by molar-refractivity contribution is 8.00. The highest BCUT2D eigenvalue weighted by Gasteiger charge is 2.54. The lowest BCUT2D eigenvalue weighted by Gasteiger charge is -2.49. The van der Waals surface area contributed by atoms with Gasteiger partial charge in [-0.1, -0.05) is 5.16 Å². The van der Waals surface area contributed by atoms with E-state index in [9.17, 15) is 34.2 Å². The zero-order valence-electron chi connectivity index (χ0n) is 18.3. The number of rotatable bonds is 9. The number of fused-ring (bicyclic) bond motifs is 1. The fourth-order valence-electron chi connectivity index (χ4n) is 3.00. The molecular formula is C20H21N3O10S. The standard InChI is InChI=1S/C20H21N3O10S/c1-9(24)32-7-10-8-34-17-13(16(26)23(17)14(10)18(27)28)21-15(25)12(11-5-4-6-31-11)22-33-20(2,3)19(29)30/h4-6,13,17H,7-8H2,1-3H3,(H,21,25)(H,27,28)(H,29,30)/t13-,17-/m1/s1. The molecule has 2 atom stereocenters. The van der Waals surface area contributed by atoms with Crippen molar-refractivity contribution in [1.82, 2.24) is 10.2 Å². The average molecular weight is 495 g/mol. The lowest BCUT2D eigenvalue weighted by Crippen LogP contribution is -2.71. The van der Waals surface area contributed by atoms with Gasteiger partial charge in [-0.25, -0.2) is 9.59 Å². The van der Waals surface area contributed by atoms with Gasteiger partial charge in [-0.15, -0.1) is 11.8 Å². The quantitative estimate of drug-likeness (QED) is 0.183. The van der Waals surface area contributed by atoms with Crippen LogP contribution in [-0.2, 0) is 33.5 Å². The Morgan fingerprint density at radius 3 is 2.59 bits per heavy atom. The van der Waals surface area contributed by atoms with Crippen LogP contribution in [0.2, 0.25) is 0 Å². The molecule has 1 fully saturated rings. The van der Waals surface area contributed by atoms with Crippen LogP contribution in [0.15, 0.2) is 39.2 Å². The molecule has 0 spiro atoms. The molecule has 3 rings (SSSR count). The summed E-state index contributed by atoms with van der Waals surface area (Å²) in [7, 11) is 0. The lowest BCUT2D eigenvalue weighted by molar-refractivity contribution is -0.161. The maximum atomic E-state index is 12.9. The first-order valence-electron chi connectivity index (χ1n) is 9.81. The summed E-state index contributed by atoms with van der Waals surface area (Å²) in [5, 5.41) is 24.2. The van der Waals surface area contributed by atoms with Gasteiger partial charge in [-0.05, 0) is 26.0 Å². The van der Waals surface area contributed by atoms with E-state index in [1.165, 1.54) is 50.9 Å². The average Bonchev–Trinajstić information content (AvgIpc) is 3.29. The van der Waals surface area contributed by atoms with E-state index in [4.69, 9.17) is 14.0 Å². The lowest BCUT2D eigenvalue weighted by atomic mass is 10.0. The summed E-state index contributed by atoms with van der Waals surface area (Å²) < 4.78 is 10.0. The number of ether oxygens (including phenoxy) is 1. The number of β-lactam (4-membered cyclic amide) rings is 1. The van der Waals surface area contributed by atoms with Gasteiger partial charge in [0.2, 0.25) is 11.3 Å². The van der Waals surface area contributed by atoms with Crippen molar-refractivity contribution in [1.29, 1.82) is 0 Å². The van der Waals surface area contributed by atoms with Gasteiger partial charge < -0.3 is 29.5 Å². The molecule has 13 nitrogen and oxygen atoms in total. The zero-order chi connectivity index (χ0) is 25.2. The first-order valence-corrected chi connectivity index (χ1v) is 10.9. The van der Waals surface area contributed by atoms with E-state index in [2.05, 4.69) is 10.5 Å². The van der Waals surface area contributed by atoms with Crippen LogP contribution in [0.1, 0.15) is 26.5 Å². The fourth-order valence-corrected chi connectivity index (χ4v) is 4.33. The Morgan fingerprint density at radius 2 is 2.03 bits per heavy atom. The van der Waals surface area contributed by atoms with Crippen molar-refractivity contribution in [2.75, 3.05) is 12.4 Å². The number of amides is 2. The van der Waals surface area contributed by atoms with Crippen LogP contribution in [-0.4, -0.2) is 79.9 Å². The van der Waals surface area contributed by atoms with Crippen LogP contribution < -0.4 is 5.32 Å². The Morgan fingerprint density at radius 1 is 1.32 bits per heavy atom. The molecule has 0 unspecified atom stereocenters. The second kappa shape index (κ2) is 9.59. The van der Waals surface area contributed by atoms with Gasteiger partial charge in [-0.2, -0.15) is 0 Å². The minimum atomic E-state index is -1.75. The van der Waals surface area contributed by atoms with Gasteiger partial charge >= 0.3 is 17.9 Å². The number of aliphatic carboxylic acids is 2. The van der Waals surface area contributed by atoms with Crippen molar-refractivity contribution in [3.05, 3.63) is 35.4 Å². The van der Waals surface area contributed by atoms with Crippen LogP contribution in [0.4, 0.5) is 0 Å². The third-order valence-corrected chi connectivity index (χ3v) is 6.18. The summed E-state index contributed by atoms with van der Waals surface area (Å²) in [5.74, 6) is -4.74. The number of thioether (sulfide) groups is 1. The second-order valence-electron chi connectivity index (χ2n) is 7.72. The van der Waals surface area contributed by atoms with Gasteiger partial charge in [0.1, 0.15) is 23.7 Å². The molecule has 182 valence electrons. The minimum Gasteiger partial charge on any atom is -0.478 e. The molecule has 0 aliphatic carbocycles. The first-order chi connectivity index (χ1) is 15.9. The number of esters is 1. The van der Waals surface area contributed by atoms with E-state index in [1.54, 1.807) is 0 Å². The van der Waals surface area contributed by atoms with Gasteiger partial charge in [-0.3, -0.25) is 19.3 Å². The van der Waals surface area contributed by atoms with Crippen LogP contribution in [0.3, 0.4) is 0 Å². The normalized spacial score (nSPS) is 20.3. The topological polar surface area (TPSA) is 185 Å². The summed E-state index contributed by atoms with van der Waals surface area (Å²) >= 11 is 1.18. The number of hydrogen-bond donors (Lipinski definition) is 3. The summed E-state index contributed by atoms with van der Waals surface area (Å²) in [6, 6.07) is 1.78. The van der Waals surface area contributed by atoms with Crippen molar-refractivity contribution in [2.24, 2.45) is 5.16 Å². The Labute approximate surface area is 196 Å². The number of carbonyl (C=O) groups is 5. The third kappa shape index (κ3) is 4.90. The van der Waals surface area contributed by atoms with Crippen LogP contribution in [0.25, 0.3) is 0 Å². The molecule has 0 saturated carbocycles. The molecule has 14 heteroatoms. The van der Waals surface area contributed by atoms with E-state index in [0.717, 1.165) is 4.90 Å². The second-order valence-corrected chi connectivity index (χ2v) is 8.83. The maximum absolute atomic E-state index is 12.9. The van der Waals surface area contributed by atoms with E-state index < -0.39 is 52.5 Å².